The van der Waals surface area contributed by atoms with Crippen LogP contribution in [0.1, 0.15) is 0 Å². The van der Waals surface area contributed by atoms with Crippen LogP contribution in [0.3, 0.4) is 0 Å². The van der Waals surface area contributed by atoms with E-state index in [4.69, 9.17) is 34.8 Å². The summed E-state index contributed by atoms with van der Waals surface area (Å²) < 4.78 is 13.9. The molecule has 0 unspecified atom stereocenters. The fourth-order valence-corrected chi connectivity index (χ4v) is 2.29. The number of rotatable bonds is 2. The van der Waals surface area contributed by atoms with Crippen LogP contribution in [0.25, 0.3) is 11.1 Å². The third kappa shape index (κ3) is 2.66. The molecule has 98 valence electrons. The van der Waals surface area contributed by atoms with E-state index in [1.165, 1.54) is 24.3 Å². The predicted octanol–water partition coefficient (Wildman–Crippen LogP) is 5.36. The first-order valence-corrected chi connectivity index (χ1v) is 6.13. The van der Waals surface area contributed by atoms with E-state index in [1.807, 2.05) is 0 Å². The molecule has 0 aliphatic rings. The predicted molar refractivity (Wildman–Crippen MR) is 73.5 cm³/mol. The van der Waals surface area contributed by atoms with Crippen molar-refractivity contribution in [3.05, 3.63) is 61.3 Å². The molecule has 0 aromatic heterocycles. The number of nitrogens with zero attached hydrogens (tertiary/aromatic N) is 1. The summed E-state index contributed by atoms with van der Waals surface area (Å²) >= 11 is 17.6. The Labute approximate surface area is 122 Å². The van der Waals surface area contributed by atoms with Crippen molar-refractivity contribution in [2.24, 2.45) is 0 Å². The molecule has 2 aromatic rings. The van der Waals surface area contributed by atoms with Gasteiger partial charge in [-0.3, -0.25) is 10.1 Å². The van der Waals surface area contributed by atoms with Crippen molar-refractivity contribution >= 4 is 40.5 Å². The van der Waals surface area contributed by atoms with Crippen LogP contribution >= 0.6 is 34.8 Å². The molecule has 2 aromatic carbocycles. The van der Waals surface area contributed by atoms with Gasteiger partial charge in [-0.15, -0.1) is 0 Å². The topological polar surface area (TPSA) is 43.1 Å². The third-order valence-corrected chi connectivity index (χ3v) is 3.50. The molecule has 0 amide bonds. The summed E-state index contributed by atoms with van der Waals surface area (Å²) in [5.41, 5.74) is -0.475. The summed E-state index contributed by atoms with van der Waals surface area (Å²) in [5.74, 6) is -0.755. The molecule has 0 radical (unpaired) electrons. The highest BCUT2D eigenvalue weighted by molar-refractivity contribution is 6.44. The second kappa shape index (κ2) is 5.33. The van der Waals surface area contributed by atoms with Gasteiger partial charge in [-0.2, -0.15) is 0 Å². The summed E-state index contributed by atoms with van der Waals surface area (Å²) in [6.45, 7) is 0. The van der Waals surface area contributed by atoms with Gasteiger partial charge in [-0.25, -0.2) is 4.39 Å². The molecule has 19 heavy (non-hydrogen) atoms. The Kier molecular flexibility index (Phi) is 3.94. The molecule has 0 heterocycles. The number of halogens is 4. The third-order valence-electron chi connectivity index (χ3n) is 2.47. The highest BCUT2D eigenvalue weighted by Gasteiger charge is 2.22. The van der Waals surface area contributed by atoms with Gasteiger partial charge in [0.15, 0.2) is 0 Å². The number of nitro groups is 1. The lowest BCUT2D eigenvalue weighted by molar-refractivity contribution is -0.384. The summed E-state index contributed by atoms with van der Waals surface area (Å²) in [5, 5.41) is 11.4. The summed E-state index contributed by atoms with van der Waals surface area (Å²) in [6.07, 6.45) is 0. The van der Waals surface area contributed by atoms with Gasteiger partial charge >= 0.3 is 0 Å². The molecule has 0 saturated carbocycles. The molecule has 0 N–H and O–H groups in total. The Morgan fingerprint density at radius 3 is 2.32 bits per heavy atom. The van der Waals surface area contributed by atoms with E-state index >= 15 is 0 Å². The molecule has 0 atom stereocenters. The maximum atomic E-state index is 13.9. The van der Waals surface area contributed by atoms with Crippen molar-refractivity contribution in [2.75, 3.05) is 0 Å². The van der Waals surface area contributed by atoms with Crippen LogP contribution in [0.2, 0.25) is 15.1 Å². The van der Waals surface area contributed by atoms with Gasteiger partial charge in [0.2, 0.25) is 0 Å². The van der Waals surface area contributed by atoms with Gasteiger partial charge in [-0.05, 0) is 18.2 Å². The van der Waals surface area contributed by atoms with Crippen molar-refractivity contribution in [1.29, 1.82) is 0 Å². The standard InChI is InChI=1S/C12H5Cl3FNO2/c13-7-5-9(15)8(14)4-6(7)12-10(16)2-1-3-11(12)17(18)19/h1-5H. The molecule has 3 nitrogen and oxygen atoms in total. The summed E-state index contributed by atoms with van der Waals surface area (Å²) in [4.78, 5) is 10.3. The highest BCUT2D eigenvalue weighted by Crippen LogP contribution is 2.40. The maximum Gasteiger partial charge on any atom is 0.280 e. The molecule has 0 aliphatic carbocycles. The van der Waals surface area contributed by atoms with Gasteiger partial charge in [0.25, 0.3) is 5.69 Å². The van der Waals surface area contributed by atoms with Gasteiger partial charge in [0.05, 0.1) is 25.6 Å². The Balaban J connectivity index is 2.79. The Hall–Kier alpha value is -1.36. The average molecular weight is 321 g/mol. The quantitative estimate of drug-likeness (QED) is 0.424. The van der Waals surface area contributed by atoms with Crippen LogP contribution in [0, 0.1) is 15.9 Å². The molecular formula is C12H5Cl3FNO2. The Morgan fingerprint density at radius 2 is 1.68 bits per heavy atom. The molecular weight excluding hydrogens is 315 g/mol. The Bertz CT molecular complexity index is 676. The largest absolute Gasteiger partial charge is 0.280 e. The minimum absolute atomic E-state index is 0.0857. The van der Waals surface area contributed by atoms with E-state index in [1.54, 1.807) is 0 Å². The molecule has 0 bridgehead atoms. The number of benzene rings is 2. The molecule has 2 rings (SSSR count). The number of nitro benzene ring substituents is 1. The van der Waals surface area contributed by atoms with Crippen LogP contribution in [-0.2, 0) is 0 Å². The van der Waals surface area contributed by atoms with E-state index in [9.17, 15) is 14.5 Å². The second-order valence-corrected chi connectivity index (χ2v) is 4.86. The van der Waals surface area contributed by atoms with Crippen LogP contribution in [0.4, 0.5) is 10.1 Å². The van der Waals surface area contributed by atoms with Crippen LogP contribution in [0.15, 0.2) is 30.3 Å². The van der Waals surface area contributed by atoms with Crippen LogP contribution in [0.5, 0.6) is 0 Å². The van der Waals surface area contributed by atoms with Gasteiger partial charge in [0, 0.05) is 11.6 Å². The zero-order valence-corrected chi connectivity index (χ0v) is 11.4. The molecule has 0 fully saturated rings. The fourth-order valence-electron chi connectivity index (χ4n) is 1.65. The second-order valence-electron chi connectivity index (χ2n) is 3.64. The normalized spacial score (nSPS) is 10.5. The van der Waals surface area contributed by atoms with E-state index in [0.717, 1.165) is 6.07 Å². The zero-order valence-electron chi connectivity index (χ0n) is 9.16. The molecule has 0 aliphatic heterocycles. The minimum Gasteiger partial charge on any atom is -0.258 e. The van der Waals surface area contributed by atoms with Gasteiger partial charge in [-0.1, -0.05) is 40.9 Å². The summed E-state index contributed by atoms with van der Waals surface area (Å²) in [7, 11) is 0. The monoisotopic (exact) mass is 319 g/mol. The van der Waals surface area contributed by atoms with Crippen molar-refractivity contribution in [1.82, 2.24) is 0 Å². The van der Waals surface area contributed by atoms with E-state index in [-0.39, 0.29) is 31.9 Å². The van der Waals surface area contributed by atoms with Crippen molar-refractivity contribution in [2.45, 2.75) is 0 Å². The molecule has 7 heteroatoms. The first kappa shape index (κ1) is 14.1. The number of hydrogen-bond donors (Lipinski definition) is 0. The Morgan fingerprint density at radius 1 is 1.05 bits per heavy atom. The smallest absolute Gasteiger partial charge is 0.258 e. The van der Waals surface area contributed by atoms with E-state index < -0.39 is 10.7 Å². The van der Waals surface area contributed by atoms with Crippen LogP contribution in [-0.4, -0.2) is 4.92 Å². The highest BCUT2D eigenvalue weighted by atomic mass is 35.5. The minimum atomic E-state index is -0.755. The average Bonchev–Trinajstić information content (AvgIpc) is 2.34. The van der Waals surface area contributed by atoms with Crippen molar-refractivity contribution in [3.63, 3.8) is 0 Å². The van der Waals surface area contributed by atoms with Gasteiger partial charge in [0.1, 0.15) is 5.82 Å². The zero-order chi connectivity index (χ0) is 14.2. The van der Waals surface area contributed by atoms with Gasteiger partial charge < -0.3 is 0 Å². The first-order chi connectivity index (χ1) is 8.91. The molecule has 0 spiro atoms. The lowest BCUT2D eigenvalue weighted by atomic mass is 10.0. The maximum absolute atomic E-state index is 13.9. The van der Waals surface area contributed by atoms with E-state index in [2.05, 4.69) is 0 Å². The SMILES string of the molecule is O=[N+]([O-])c1cccc(F)c1-c1cc(Cl)c(Cl)cc1Cl. The molecule has 0 saturated heterocycles. The van der Waals surface area contributed by atoms with Crippen molar-refractivity contribution < 1.29 is 9.31 Å². The van der Waals surface area contributed by atoms with Crippen molar-refractivity contribution in [3.8, 4) is 11.1 Å². The number of hydrogen-bond acceptors (Lipinski definition) is 2. The van der Waals surface area contributed by atoms with E-state index in [0.29, 0.717) is 0 Å². The summed E-state index contributed by atoms with van der Waals surface area (Å²) in [6, 6.07) is 6.18. The first-order valence-electron chi connectivity index (χ1n) is 4.99. The lowest BCUT2D eigenvalue weighted by Crippen LogP contribution is -1.95. The lowest BCUT2D eigenvalue weighted by Gasteiger charge is -2.08. The van der Waals surface area contributed by atoms with Crippen LogP contribution < -0.4 is 0 Å². The fraction of sp³-hybridized carbons (Fsp3) is 0.